The molecule has 9 nitrogen and oxygen atoms in total. The second-order valence-electron chi connectivity index (χ2n) is 8.79. The minimum atomic E-state index is -1.82. The van der Waals surface area contributed by atoms with Crippen molar-refractivity contribution < 1.29 is 19.0 Å². The number of aliphatic carboxylic acids is 1. The number of fused-ring (bicyclic) bond motifs is 1. The Morgan fingerprint density at radius 1 is 1.26 bits per heavy atom. The highest BCUT2D eigenvalue weighted by Crippen LogP contribution is 2.38. The lowest BCUT2D eigenvalue weighted by molar-refractivity contribution is -0.145. The van der Waals surface area contributed by atoms with Gasteiger partial charge in [-0.1, -0.05) is 17.4 Å². The van der Waals surface area contributed by atoms with Crippen LogP contribution in [0.5, 0.6) is 5.19 Å². The van der Waals surface area contributed by atoms with Crippen LogP contribution >= 0.6 is 11.3 Å². The summed E-state index contributed by atoms with van der Waals surface area (Å²) >= 11 is 1.41. The Labute approximate surface area is 205 Å². The zero-order chi connectivity index (χ0) is 24.7. The molecule has 1 unspecified atom stereocenters. The maximum atomic E-state index is 14.0. The van der Waals surface area contributed by atoms with Crippen LogP contribution in [0, 0.1) is 5.92 Å². The number of aromatic nitrogens is 5. The average molecular weight is 494 g/mol. The molecule has 0 bridgehead atoms. The number of halogens is 1. The summed E-state index contributed by atoms with van der Waals surface area (Å²) in [5.74, 6) is -1.25. The number of thiazole rings is 1. The summed E-state index contributed by atoms with van der Waals surface area (Å²) in [6, 6.07) is 3.84. The molecule has 4 heterocycles. The van der Waals surface area contributed by atoms with E-state index >= 15 is 0 Å². The molecule has 35 heavy (non-hydrogen) atoms. The first-order valence-corrected chi connectivity index (χ1v) is 12.2. The van der Waals surface area contributed by atoms with Crippen molar-refractivity contribution in [3.8, 4) is 27.7 Å². The van der Waals surface area contributed by atoms with E-state index in [0.717, 1.165) is 33.7 Å². The predicted molar refractivity (Wildman–Crippen MR) is 134 cm³/mol. The van der Waals surface area contributed by atoms with Crippen LogP contribution in [0.15, 0.2) is 29.9 Å². The molecule has 4 aromatic heterocycles. The number of hydrogen-bond donors (Lipinski definition) is 2. The zero-order valence-corrected chi connectivity index (χ0v) is 20.1. The molecule has 0 spiro atoms. The van der Waals surface area contributed by atoms with Gasteiger partial charge in [0.15, 0.2) is 11.8 Å². The number of nitrogen functional groups attached to an aromatic ring is 1. The molecule has 0 aliphatic heterocycles. The smallest absolute Gasteiger partial charge is 0.338 e. The van der Waals surface area contributed by atoms with E-state index in [1.54, 1.807) is 24.0 Å². The largest absolute Gasteiger partial charge is 0.479 e. The van der Waals surface area contributed by atoms with Gasteiger partial charge in [0.1, 0.15) is 19.4 Å². The third-order valence-corrected chi connectivity index (χ3v) is 7.57. The van der Waals surface area contributed by atoms with Gasteiger partial charge in [-0.2, -0.15) is 9.61 Å². The van der Waals surface area contributed by atoms with Gasteiger partial charge in [-0.3, -0.25) is 4.98 Å². The number of carbonyl (C=O) groups is 1. The summed E-state index contributed by atoms with van der Waals surface area (Å²) in [6.45, 7) is 0. The quantitative estimate of drug-likeness (QED) is 0.391. The van der Waals surface area contributed by atoms with Crippen LogP contribution in [-0.2, 0) is 4.79 Å². The summed E-state index contributed by atoms with van der Waals surface area (Å²) in [5.41, 5.74) is 11.9. The van der Waals surface area contributed by atoms with Crippen molar-refractivity contribution in [3.63, 3.8) is 0 Å². The molecule has 1 aliphatic rings. The first kappa shape index (κ1) is 23.2. The number of nitrogens with two attached hydrogens (primary N) is 1. The SMILES string of the molecule is Bc1c(N)n2ncc(-c3ccc(-c4csc(OC)n4)nc3)c2nc1[C@H]1CC[C@@H](C(F)C(=O)O)CC1. The molecule has 0 amide bonds. The highest BCUT2D eigenvalue weighted by molar-refractivity contribution is 7.11. The Balaban J connectivity index is 1.45. The number of hydrogen-bond acceptors (Lipinski definition) is 8. The first-order valence-electron chi connectivity index (χ1n) is 11.3. The summed E-state index contributed by atoms with van der Waals surface area (Å²) < 4.78 is 20.8. The van der Waals surface area contributed by atoms with Gasteiger partial charge in [0.2, 0.25) is 0 Å². The van der Waals surface area contributed by atoms with Crippen LogP contribution in [0.25, 0.3) is 28.2 Å². The van der Waals surface area contributed by atoms with Crippen LogP contribution in [0.1, 0.15) is 37.3 Å². The lowest BCUT2D eigenvalue weighted by Gasteiger charge is -2.30. The van der Waals surface area contributed by atoms with E-state index in [4.69, 9.17) is 20.6 Å². The molecule has 4 aromatic rings. The Morgan fingerprint density at radius 3 is 2.66 bits per heavy atom. The highest BCUT2D eigenvalue weighted by Gasteiger charge is 2.33. The summed E-state index contributed by atoms with van der Waals surface area (Å²) in [5, 5.41) is 15.9. The molecule has 0 radical (unpaired) electrons. The van der Waals surface area contributed by atoms with Gasteiger partial charge in [-0.05, 0) is 37.2 Å². The van der Waals surface area contributed by atoms with Gasteiger partial charge in [-0.25, -0.2) is 19.2 Å². The van der Waals surface area contributed by atoms with Crippen LogP contribution in [0.2, 0.25) is 0 Å². The number of ether oxygens (including phenoxy) is 1. The van der Waals surface area contributed by atoms with Crippen molar-refractivity contribution in [2.24, 2.45) is 5.92 Å². The molecule has 3 N–H and O–H groups in total. The Kier molecular flexibility index (Phi) is 6.14. The molecule has 0 saturated heterocycles. The van der Waals surface area contributed by atoms with E-state index in [1.165, 1.54) is 11.3 Å². The molecule has 180 valence electrons. The van der Waals surface area contributed by atoms with E-state index in [-0.39, 0.29) is 5.92 Å². The normalized spacial score (nSPS) is 19.0. The van der Waals surface area contributed by atoms with Gasteiger partial charge in [0.05, 0.1) is 19.0 Å². The molecule has 0 aromatic carbocycles. The molecular formula is C23H24BFN6O3S. The van der Waals surface area contributed by atoms with Gasteiger partial charge < -0.3 is 15.6 Å². The van der Waals surface area contributed by atoms with Crippen molar-refractivity contribution in [1.29, 1.82) is 0 Å². The summed E-state index contributed by atoms with van der Waals surface area (Å²) in [7, 11) is 3.50. The van der Waals surface area contributed by atoms with E-state index in [2.05, 4.69) is 15.1 Å². The Morgan fingerprint density at radius 2 is 2.03 bits per heavy atom. The zero-order valence-electron chi connectivity index (χ0n) is 19.3. The van der Waals surface area contributed by atoms with Crippen LogP contribution < -0.4 is 15.9 Å². The van der Waals surface area contributed by atoms with E-state index < -0.39 is 18.1 Å². The molecule has 1 atom stereocenters. The lowest BCUT2D eigenvalue weighted by atomic mass is 9.75. The number of pyridine rings is 1. The number of alkyl halides is 1. The predicted octanol–water partition coefficient (Wildman–Crippen LogP) is 2.46. The molecule has 1 fully saturated rings. The monoisotopic (exact) mass is 494 g/mol. The van der Waals surface area contributed by atoms with E-state index in [0.29, 0.717) is 42.3 Å². The van der Waals surface area contributed by atoms with E-state index in [1.807, 2.05) is 25.4 Å². The van der Waals surface area contributed by atoms with Crippen molar-refractivity contribution >= 4 is 42.1 Å². The minimum Gasteiger partial charge on any atom is -0.479 e. The number of carboxylic acid groups (broad SMARTS) is 1. The van der Waals surface area contributed by atoms with Crippen LogP contribution in [-0.4, -0.2) is 56.8 Å². The van der Waals surface area contributed by atoms with Crippen molar-refractivity contribution in [1.82, 2.24) is 24.6 Å². The third kappa shape index (κ3) is 4.22. The summed E-state index contributed by atoms with van der Waals surface area (Å²) in [6.07, 6.45) is 4.00. The third-order valence-electron chi connectivity index (χ3n) is 6.77. The maximum absolute atomic E-state index is 14.0. The molecule has 1 saturated carbocycles. The maximum Gasteiger partial charge on any atom is 0.338 e. The number of methoxy groups -OCH3 is 1. The molecule has 1 aliphatic carbocycles. The van der Waals surface area contributed by atoms with Crippen molar-refractivity contribution in [2.45, 2.75) is 37.8 Å². The average Bonchev–Trinajstić information content (AvgIpc) is 3.53. The van der Waals surface area contributed by atoms with Gasteiger partial charge in [-0.15, -0.1) is 0 Å². The number of carboxylic acids is 1. The fourth-order valence-corrected chi connectivity index (χ4v) is 5.41. The summed E-state index contributed by atoms with van der Waals surface area (Å²) in [4.78, 5) is 24.9. The molecular weight excluding hydrogens is 470 g/mol. The standard InChI is InChI=1S/C23H24BFN6O3S/c1-34-23-29-16(10-35-23)15-7-6-13(8-27-15)14-9-28-31-20(26)17(24)19(30-21(14)31)12-4-2-11(3-5-12)18(25)22(32)33/h6-12,18H,2-5,24,26H2,1H3,(H,32,33)/t11-,12+,18?. The lowest BCUT2D eigenvalue weighted by Crippen LogP contribution is -2.31. The fraction of sp³-hybridized carbons (Fsp3) is 0.348. The van der Waals surface area contributed by atoms with Crippen molar-refractivity contribution in [3.05, 3.63) is 35.6 Å². The molecule has 5 rings (SSSR count). The fourth-order valence-electron chi connectivity index (χ4n) is 4.78. The first-order chi connectivity index (χ1) is 16.9. The van der Waals surface area contributed by atoms with E-state index in [9.17, 15) is 9.18 Å². The Hall–Kier alpha value is -3.54. The van der Waals surface area contributed by atoms with Crippen molar-refractivity contribution in [2.75, 3.05) is 12.8 Å². The second kappa shape index (κ2) is 9.25. The van der Waals surface area contributed by atoms with Gasteiger partial charge >= 0.3 is 5.97 Å². The number of nitrogens with zero attached hydrogens (tertiary/aromatic N) is 5. The number of rotatable bonds is 6. The highest BCUT2D eigenvalue weighted by atomic mass is 32.1. The minimum absolute atomic E-state index is 0.0856. The van der Waals surface area contributed by atoms with Crippen LogP contribution in [0.3, 0.4) is 0 Å². The number of anilines is 1. The second-order valence-corrected chi connectivity index (χ2v) is 9.61. The molecule has 12 heteroatoms. The van der Waals surface area contributed by atoms with Gasteiger partial charge in [0.25, 0.3) is 5.19 Å². The van der Waals surface area contributed by atoms with Gasteiger partial charge in [0, 0.05) is 40.2 Å². The topological polar surface area (TPSA) is 129 Å². The van der Waals surface area contributed by atoms with Crippen LogP contribution in [0.4, 0.5) is 10.2 Å². The Bertz CT molecular complexity index is 1380.